The molecule has 100 valence electrons. The highest BCUT2D eigenvalue weighted by atomic mass is 16.6. The molecular formula is C13H21N3O2. The lowest BCUT2D eigenvalue weighted by Gasteiger charge is -2.16. The fraction of sp³-hybridized carbons (Fsp3) is 0.538. The first-order valence-corrected chi connectivity index (χ1v) is 6.10. The summed E-state index contributed by atoms with van der Waals surface area (Å²) >= 11 is 0. The number of nitro benzene ring substituents is 1. The SMILES string of the molecule is CC(CCN(C)C)NCc1ccc([N+](=O)[O-])cc1. The van der Waals surface area contributed by atoms with E-state index in [2.05, 4.69) is 31.2 Å². The Kier molecular flexibility index (Phi) is 5.74. The van der Waals surface area contributed by atoms with Crippen LogP contribution in [0.15, 0.2) is 24.3 Å². The van der Waals surface area contributed by atoms with Crippen molar-refractivity contribution < 1.29 is 4.92 Å². The van der Waals surface area contributed by atoms with E-state index in [1.807, 2.05) is 0 Å². The molecule has 0 aliphatic heterocycles. The predicted molar refractivity (Wildman–Crippen MR) is 72.6 cm³/mol. The van der Waals surface area contributed by atoms with Crippen LogP contribution in [-0.4, -0.2) is 36.5 Å². The van der Waals surface area contributed by atoms with Gasteiger partial charge in [0.05, 0.1) is 4.92 Å². The number of nitrogens with one attached hydrogen (secondary N) is 1. The fourth-order valence-corrected chi connectivity index (χ4v) is 1.58. The van der Waals surface area contributed by atoms with E-state index < -0.39 is 0 Å². The Morgan fingerprint density at radius 3 is 2.44 bits per heavy atom. The molecule has 5 heteroatoms. The second kappa shape index (κ2) is 7.08. The Morgan fingerprint density at radius 2 is 1.94 bits per heavy atom. The molecule has 0 saturated heterocycles. The van der Waals surface area contributed by atoms with Crippen molar-refractivity contribution in [1.82, 2.24) is 10.2 Å². The molecule has 0 spiro atoms. The lowest BCUT2D eigenvalue weighted by atomic mass is 10.1. The highest BCUT2D eigenvalue weighted by molar-refractivity contribution is 5.32. The highest BCUT2D eigenvalue weighted by Gasteiger charge is 2.05. The van der Waals surface area contributed by atoms with Gasteiger partial charge in [-0.2, -0.15) is 0 Å². The first kappa shape index (κ1) is 14.6. The van der Waals surface area contributed by atoms with Crippen LogP contribution in [0.4, 0.5) is 5.69 Å². The number of hydrogen-bond acceptors (Lipinski definition) is 4. The average molecular weight is 251 g/mol. The van der Waals surface area contributed by atoms with Crippen LogP contribution in [0, 0.1) is 10.1 Å². The maximum atomic E-state index is 10.5. The zero-order valence-corrected chi connectivity index (χ0v) is 11.2. The standard InChI is InChI=1S/C13H21N3O2/c1-11(8-9-15(2)3)14-10-12-4-6-13(7-5-12)16(17)18/h4-7,11,14H,8-10H2,1-3H3. The van der Waals surface area contributed by atoms with Gasteiger partial charge in [-0.05, 0) is 39.5 Å². The van der Waals surface area contributed by atoms with Gasteiger partial charge in [0.1, 0.15) is 0 Å². The number of hydrogen-bond donors (Lipinski definition) is 1. The summed E-state index contributed by atoms with van der Waals surface area (Å²) in [5.41, 5.74) is 1.21. The molecule has 1 unspecified atom stereocenters. The van der Waals surface area contributed by atoms with Crippen LogP contribution >= 0.6 is 0 Å². The maximum absolute atomic E-state index is 10.5. The van der Waals surface area contributed by atoms with Crippen molar-refractivity contribution in [3.63, 3.8) is 0 Å². The van der Waals surface area contributed by atoms with Gasteiger partial charge in [-0.15, -0.1) is 0 Å². The van der Waals surface area contributed by atoms with Crippen molar-refractivity contribution >= 4 is 5.69 Å². The second-order valence-corrected chi connectivity index (χ2v) is 4.80. The van der Waals surface area contributed by atoms with E-state index in [0.29, 0.717) is 6.04 Å². The molecular weight excluding hydrogens is 230 g/mol. The van der Waals surface area contributed by atoms with Gasteiger partial charge in [0.15, 0.2) is 0 Å². The van der Waals surface area contributed by atoms with Crippen LogP contribution in [0.1, 0.15) is 18.9 Å². The summed E-state index contributed by atoms with van der Waals surface area (Å²) in [6.45, 7) is 3.94. The molecule has 0 heterocycles. The number of benzene rings is 1. The van der Waals surface area contributed by atoms with E-state index in [1.54, 1.807) is 24.3 Å². The van der Waals surface area contributed by atoms with Gasteiger partial charge in [-0.3, -0.25) is 10.1 Å². The number of rotatable bonds is 7. The van der Waals surface area contributed by atoms with Crippen molar-refractivity contribution in [1.29, 1.82) is 0 Å². The minimum absolute atomic E-state index is 0.138. The summed E-state index contributed by atoms with van der Waals surface area (Å²) < 4.78 is 0. The second-order valence-electron chi connectivity index (χ2n) is 4.80. The average Bonchev–Trinajstić information content (AvgIpc) is 2.34. The molecule has 0 bridgehead atoms. The molecule has 18 heavy (non-hydrogen) atoms. The highest BCUT2D eigenvalue weighted by Crippen LogP contribution is 2.11. The van der Waals surface area contributed by atoms with Crippen molar-refractivity contribution in [3.8, 4) is 0 Å². The summed E-state index contributed by atoms with van der Waals surface area (Å²) in [5.74, 6) is 0. The Bertz CT molecular complexity index is 376. The maximum Gasteiger partial charge on any atom is 0.269 e. The molecule has 0 fully saturated rings. The molecule has 0 aliphatic carbocycles. The minimum Gasteiger partial charge on any atom is -0.310 e. The fourth-order valence-electron chi connectivity index (χ4n) is 1.58. The van der Waals surface area contributed by atoms with Crippen LogP contribution in [0.3, 0.4) is 0 Å². The third-order valence-corrected chi connectivity index (χ3v) is 2.81. The van der Waals surface area contributed by atoms with Crippen molar-refractivity contribution in [2.45, 2.75) is 25.9 Å². The summed E-state index contributed by atoms with van der Waals surface area (Å²) in [4.78, 5) is 12.3. The molecule has 0 aliphatic rings. The Labute approximate surface area is 108 Å². The lowest BCUT2D eigenvalue weighted by molar-refractivity contribution is -0.384. The number of nitrogens with zero attached hydrogens (tertiary/aromatic N) is 2. The largest absolute Gasteiger partial charge is 0.310 e. The summed E-state index contributed by atoms with van der Waals surface area (Å²) in [6, 6.07) is 7.11. The normalized spacial score (nSPS) is 12.7. The molecule has 0 aromatic heterocycles. The molecule has 1 N–H and O–H groups in total. The first-order valence-electron chi connectivity index (χ1n) is 6.10. The van der Waals surface area contributed by atoms with Crippen LogP contribution in [0.2, 0.25) is 0 Å². The van der Waals surface area contributed by atoms with Gasteiger partial charge >= 0.3 is 0 Å². The molecule has 0 amide bonds. The Hall–Kier alpha value is -1.46. The number of non-ortho nitro benzene ring substituents is 1. The van der Waals surface area contributed by atoms with Gasteiger partial charge in [-0.1, -0.05) is 12.1 Å². The van der Waals surface area contributed by atoms with Crippen LogP contribution in [0.5, 0.6) is 0 Å². The van der Waals surface area contributed by atoms with E-state index >= 15 is 0 Å². The van der Waals surface area contributed by atoms with E-state index in [9.17, 15) is 10.1 Å². The molecule has 0 saturated carbocycles. The minimum atomic E-state index is -0.378. The third kappa shape index (κ3) is 5.25. The van der Waals surface area contributed by atoms with Gasteiger partial charge in [0.2, 0.25) is 0 Å². The molecule has 5 nitrogen and oxygen atoms in total. The van der Waals surface area contributed by atoms with E-state index in [-0.39, 0.29) is 10.6 Å². The first-order chi connectivity index (χ1) is 8.49. The molecule has 1 aromatic rings. The zero-order valence-electron chi connectivity index (χ0n) is 11.2. The van der Waals surface area contributed by atoms with E-state index in [0.717, 1.165) is 25.1 Å². The molecule has 0 radical (unpaired) electrons. The van der Waals surface area contributed by atoms with Gasteiger partial charge in [-0.25, -0.2) is 0 Å². The lowest BCUT2D eigenvalue weighted by Crippen LogP contribution is -2.29. The molecule has 1 rings (SSSR count). The summed E-state index contributed by atoms with van der Waals surface area (Å²) in [5, 5.41) is 13.9. The van der Waals surface area contributed by atoms with Crippen molar-refractivity contribution in [2.24, 2.45) is 0 Å². The van der Waals surface area contributed by atoms with E-state index in [1.165, 1.54) is 0 Å². The van der Waals surface area contributed by atoms with E-state index in [4.69, 9.17) is 0 Å². The zero-order chi connectivity index (χ0) is 13.5. The van der Waals surface area contributed by atoms with Crippen LogP contribution in [0.25, 0.3) is 0 Å². The summed E-state index contributed by atoms with van der Waals surface area (Å²) in [7, 11) is 4.12. The quantitative estimate of drug-likeness (QED) is 0.595. The van der Waals surface area contributed by atoms with Gasteiger partial charge in [0.25, 0.3) is 5.69 Å². The van der Waals surface area contributed by atoms with Crippen molar-refractivity contribution in [3.05, 3.63) is 39.9 Å². The van der Waals surface area contributed by atoms with Crippen LogP contribution in [-0.2, 0) is 6.54 Å². The molecule has 1 aromatic carbocycles. The smallest absolute Gasteiger partial charge is 0.269 e. The monoisotopic (exact) mass is 251 g/mol. The van der Waals surface area contributed by atoms with Gasteiger partial charge < -0.3 is 10.2 Å². The Morgan fingerprint density at radius 1 is 1.33 bits per heavy atom. The third-order valence-electron chi connectivity index (χ3n) is 2.81. The topological polar surface area (TPSA) is 58.4 Å². The number of nitro groups is 1. The summed E-state index contributed by atoms with van der Waals surface area (Å²) in [6.07, 6.45) is 1.08. The Balaban J connectivity index is 2.36. The van der Waals surface area contributed by atoms with Gasteiger partial charge in [0, 0.05) is 24.7 Å². The van der Waals surface area contributed by atoms with Crippen LogP contribution < -0.4 is 5.32 Å². The van der Waals surface area contributed by atoms with Crippen molar-refractivity contribution in [2.75, 3.05) is 20.6 Å². The molecule has 1 atom stereocenters. The predicted octanol–water partition coefficient (Wildman–Crippen LogP) is 2.02.